The predicted octanol–water partition coefficient (Wildman–Crippen LogP) is 4.56. The fraction of sp³-hybridized carbons (Fsp3) is 0.296. The van der Waals surface area contributed by atoms with Crippen molar-refractivity contribution in [3.05, 3.63) is 89.5 Å². The van der Waals surface area contributed by atoms with Crippen molar-refractivity contribution in [2.75, 3.05) is 19.8 Å². The van der Waals surface area contributed by atoms with Crippen LogP contribution >= 0.6 is 0 Å². The first-order valence-electron chi connectivity index (χ1n) is 11.2. The highest BCUT2D eigenvalue weighted by atomic mass is 16.6. The highest BCUT2D eigenvalue weighted by molar-refractivity contribution is 6.17. The fourth-order valence-electron chi connectivity index (χ4n) is 3.09. The van der Waals surface area contributed by atoms with Crippen molar-refractivity contribution in [2.45, 2.75) is 33.2 Å². The normalized spacial score (nSPS) is 10.5. The van der Waals surface area contributed by atoms with Gasteiger partial charge in [-0.15, -0.1) is 0 Å². The molecule has 0 radical (unpaired) electrons. The topological polar surface area (TPSA) is 72.9 Å². The van der Waals surface area contributed by atoms with E-state index in [0.29, 0.717) is 13.1 Å². The van der Waals surface area contributed by atoms with Crippen LogP contribution in [0.4, 0.5) is 0 Å². The van der Waals surface area contributed by atoms with Gasteiger partial charge >= 0.3 is 11.9 Å². The lowest BCUT2D eigenvalue weighted by molar-refractivity contribution is -0.147. The monoisotopic (exact) mass is 449 g/mol. The Morgan fingerprint density at radius 2 is 1.42 bits per heavy atom. The second kappa shape index (κ2) is 14.4. The molecule has 2 aromatic rings. The van der Waals surface area contributed by atoms with Crippen LogP contribution in [0, 0.1) is 0 Å². The maximum absolute atomic E-state index is 13.1. The number of esters is 2. The minimum absolute atomic E-state index is 0.0885. The van der Waals surface area contributed by atoms with E-state index in [0.717, 1.165) is 30.0 Å². The summed E-state index contributed by atoms with van der Waals surface area (Å²) in [4.78, 5) is 39.2. The summed E-state index contributed by atoms with van der Waals surface area (Å²) in [7, 11) is 0. The molecule has 0 spiro atoms. The van der Waals surface area contributed by atoms with Gasteiger partial charge in [-0.2, -0.15) is 0 Å². The van der Waals surface area contributed by atoms with Crippen LogP contribution in [0.3, 0.4) is 0 Å². The van der Waals surface area contributed by atoms with Crippen LogP contribution in [0.1, 0.15) is 37.8 Å². The Bertz CT molecular complexity index is 931. The van der Waals surface area contributed by atoms with Gasteiger partial charge in [-0.3, -0.25) is 4.79 Å². The molecular weight excluding hydrogens is 418 g/mol. The molecule has 2 rings (SSSR count). The Morgan fingerprint density at radius 1 is 0.848 bits per heavy atom. The van der Waals surface area contributed by atoms with Gasteiger partial charge in [-0.05, 0) is 37.8 Å². The van der Waals surface area contributed by atoms with E-state index in [1.54, 1.807) is 18.7 Å². The van der Waals surface area contributed by atoms with E-state index in [2.05, 4.69) is 6.08 Å². The Labute approximate surface area is 195 Å². The van der Waals surface area contributed by atoms with Crippen LogP contribution < -0.4 is 0 Å². The molecule has 6 nitrogen and oxygen atoms in total. The first kappa shape index (κ1) is 25.6. The van der Waals surface area contributed by atoms with E-state index in [4.69, 9.17) is 9.47 Å². The molecule has 6 heteroatoms. The number of amides is 1. The average molecular weight is 450 g/mol. The molecule has 33 heavy (non-hydrogen) atoms. The summed E-state index contributed by atoms with van der Waals surface area (Å²) in [6.45, 7) is 4.26. The number of hydrogen-bond donors (Lipinski definition) is 0. The number of unbranched alkanes of at least 4 members (excludes halogenated alkanes) is 1. The first-order chi connectivity index (χ1) is 16.0. The van der Waals surface area contributed by atoms with Crippen molar-refractivity contribution in [3.63, 3.8) is 0 Å². The minimum Gasteiger partial charge on any atom is -0.462 e. The molecule has 0 saturated heterocycles. The number of allylic oxidation sites excluding steroid dienone is 1. The van der Waals surface area contributed by atoms with Gasteiger partial charge in [-0.1, -0.05) is 72.8 Å². The van der Waals surface area contributed by atoms with Gasteiger partial charge in [-0.25, -0.2) is 9.59 Å². The lowest BCUT2D eigenvalue weighted by Gasteiger charge is -2.21. The van der Waals surface area contributed by atoms with E-state index >= 15 is 0 Å². The van der Waals surface area contributed by atoms with Crippen LogP contribution in [-0.4, -0.2) is 42.5 Å². The van der Waals surface area contributed by atoms with E-state index in [1.165, 1.54) is 0 Å². The zero-order chi connectivity index (χ0) is 23.9. The highest BCUT2D eigenvalue weighted by Gasteiger charge is 2.24. The number of carbonyl (C=O) groups is 3. The second-order valence-corrected chi connectivity index (χ2v) is 7.20. The van der Waals surface area contributed by atoms with Gasteiger partial charge in [0, 0.05) is 19.2 Å². The third kappa shape index (κ3) is 9.15. The second-order valence-electron chi connectivity index (χ2n) is 7.20. The van der Waals surface area contributed by atoms with Gasteiger partial charge in [0.15, 0.2) is 0 Å². The fourth-order valence-corrected chi connectivity index (χ4v) is 3.09. The standard InChI is InChI=1S/C27H31NO5/c1-3-32-26(30)24(27(31)33-4-2)20-25(29)28(21-23-17-10-6-11-18-23)19-13-7-12-16-22-14-8-5-9-15-22/h5-6,8-12,14-18,20H,3-4,7,13,19,21H2,1-2H3/b16-12-. The maximum Gasteiger partial charge on any atom is 0.345 e. The summed E-state index contributed by atoms with van der Waals surface area (Å²) in [5.41, 5.74) is 1.67. The third-order valence-corrected chi connectivity index (χ3v) is 4.70. The molecular formula is C27H31NO5. The average Bonchev–Trinajstić information content (AvgIpc) is 2.83. The largest absolute Gasteiger partial charge is 0.462 e. The summed E-state index contributed by atoms with van der Waals surface area (Å²) < 4.78 is 9.88. The Kier molecular flexibility index (Phi) is 11.2. The number of carbonyl (C=O) groups excluding carboxylic acids is 3. The van der Waals surface area contributed by atoms with E-state index in [1.807, 2.05) is 66.7 Å². The lowest BCUT2D eigenvalue weighted by Crippen LogP contribution is -2.31. The molecule has 0 atom stereocenters. The van der Waals surface area contributed by atoms with E-state index in [-0.39, 0.29) is 13.2 Å². The summed E-state index contributed by atoms with van der Waals surface area (Å²) in [5, 5.41) is 0. The van der Waals surface area contributed by atoms with Crippen LogP contribution in [0.5, 0.6) is 0 Å². The number of ether oxygens (including phenoxy) is 2. The van der Waals surface area contributed by atoms with Crippen LogP contribution in [0.15, 0.2) is 78.4 Å². The van der Waals surface area contributed by atoms with Crippen molar-refractivity contribution in [1.29, 1.82) is 0 Å². The van der Waals surface area contributed by atoms with Crippen LogP contribution in [0.25, 0.3) is 6.08 Å². The van der Waals surface area contributed by atoms with E-state index in [9.17, 15) is 14.4 Å². The zero-order valence-electron chi connectivity index (χ0n) is 19.2. The Morgan fingerprint density at radius 3 is 2.00 bits per heavy atom. The maximum atomic E-state index is 13.1. The number of rotatable bonds is 12. The Balaban J connectivity index is 2.13. The molecule has 0 unspecified atom stereocenters. The van der Waals surface area contributed by atoms with Crippen molar-refractivity contribution in [3.8, 4) is 0 Å². The molecule has 1 amide bonds. The van der Waals surface area contributed by atoms with Gasteiger partial charge in [0.05, 0.1) is 13.2 Å². The van der Waals surface area contributed by atoms with Gasteiger partial charge in [0.1, 0.15) is 5.57 Å². The van der Waals surface area contributed by atoms with Crippen molar-refractivity contribution >= 4 is 23.9 Å². The molecule has 0 aliphatic heterocycles. The lowest BCUT2D eigenvalue weighted by atomic mass is 10.1. The van der Waals surface area contributed by atoms with Gasteiger partial charge in [0.25, 0.3) is 0 Å². The number of benzene rings is 2. The van der Waals surface area contributed by atoms with Crippen LogP contribution in [0.2, 0.25) is 0 Å². The molecule has 2 aromatic carbocycles. The smallest absolute Gasteiger partial charge is 0.345 e. The minimum atomic E-state index is -0.866. The molecule has 0 bridgehead atoms. The van der Waals surface area contributed by atoms with Crippen molar-refractivity contribution < 1.29 is 23.9 Å². The van der Waals surface area contributed by atoms with E-state index < -0.39 is 23.4 Å². The first-order valence-corrected chi connectivity index (χ1v) is 11.2. The number of hydrogen-bond acceptors (Lipinski definition) is 5. The summed E-state index contributed by atoms with van der Waals surface area (Å²) >= 11 is 0. The predicted molar refractivity (Wildman–Crippen MR) is 128 cm³/mol. The third-order valence-electron chi connectivity index (χ3n) is 4.70. The van der Waals surface area contributed by atoms with Crippen LogP contribution in [-0.2, 0) is 30.4 Å². The molecule has 0 aliphatic carbocycles. The number of nitrogens with zero attached hydrogens (tertiary/aromatic N) is 1. The molecule has 0 N–H and O–H groups in total. The van der Waals surface area contributed by atoms with Crippen molar-refractivity contribution in [2.24, 2.45) is 0 Å². The highest BCUT2D eigenvalue weighted by Crippen LogP contribution is 2.11. The van der Waals surface area contributed by atoms with Gasteiger partial charge in [0.2, 0.25) is 5.91 Å². The Hall–Kier alpha value is -3.67. The summed E-state index contributed by atoms with van der Waals surface area (Å²) in [6.07, 6.45) is 6.64. The quantitative estimate of drug-likeness (QED) is 0.156. The van der Waals surface area contributed by atoms with Gasteiger partial charge < -0.3 is 14.4 Å². The molecule has 0 fully saturated rings. The van der Waals surface area contributed by atoms with Crippen molar-refractivity contribution in [1.82, 2.24) is 4.90 Å². The molecule has 0 saturated carbocycles. The molecule has 0 heterocycles. The molecule has 0 aromatic heterocycles. The summed E-state index contributed by atoms with van der Waals surface area (Å²) in [6, 6.07) is 19.6. The SMILES string of the molecule is CCOC(=O)C(=CC(=O)N(CCC/C=C\c1ccccc1)Cc1ccccc1)C(=O)OCC. The molecule has 174 valence electrons. The molecule has 0 aliphatic rings. The zero-order valence-corrected chi connectivity index (χ0v) is 19.2. The summed E-state index contributed by atoms with van der Waals surface area (Å²) in [5.74, 6) is -2.17.